The van der Waals surface area contributed by atoms with E-state index in [-0.39, 0.29) is 11.9 Å². The number of nitrogens with zero attached hydrogens (tertiary/aromatic N) is 4. The van der Waals surface area contributed by atoms with E-state index in [1.165, 1.54) is 0 Å². The van der Waals surface area contributed by atoms with Gasteiger partial charge in [0.25, 0.3) is 0 Å². The summed E-state index contributed by atoms with van der Waals surface area (Å²) in [5.41, 5.74) is 0.995. The van der Waals surface area contributed by atoms with Crippen molar-refractivity contribution in [3.8, 4) is 11.4 Å². The van der Waals surface area contributed by atoms with Gasteiger partial charge in [0.15, 0.2) is 11.6 Å². The second-order valence-electron chi connectivity index (χ2n) is 5.11. The van der Waals surface area contributed by atoms with E-state index in [4.69, 9.17) is 0 Å². The molecule has 1 aliphatic rings. The van der Waals surface area contributed by atoms with E-state index in [0.29, 0.717) is 6.54 Å². The lowest BCUT2D eigenvalue weighted by atomic mass is 10.1. The molecule has 104 valence electrons. The lowest BCUT2D eigenvalue weighted by Crippen LogP contribution is -2.42. The van der Waals surface area contributed by atoms with Crippen LogP contribution in [-0.2, 0) is 11.3 Å². The summed E-state index contributed by atoms with van der Waals surface area (Å²) in [5, 5.41) is 8.55. The molecule has 1 aliphatic heterocycles. The zero-order chi connectivity index (χ0) is 14.1. The van der Waals surface area contributed by atoms with Crippen molar-refractivity contribution in [1.29, 1.82) is 0 Å². The van der Waals surface area contributed by atoms with Gasteiger partial charge < -0.3 is 4.90 Å². The fourth-order valence-corrected chi connectivity index (χ4v) is 2.70. The Morgan fingerprint density at radius 3 is 2.70 bits per heavy atom. The quantitative estimate of drug-likeness (QED) is 0.859. The van der Waals surface area contributed by atoms with Gasteiger partial charge in [-0.3, -0.25) is 9.36 Å². The number of hydrogen-bond acceptors (Lipinski definition) is 3. The highest BCUT2D eigenvalue weighted by atomic mass is 16.2. The van der Waals surface area contributed by atoms with Crippen LogP contribution in [0.1, 0.15) is 32.1 Å². The number of hydrogen-bond donors (Lipinski definition) is 0. The fourth-order valence-electron chi connectivity index (χ4n) is 2.70. The Bertz CT molecular complexity index is 620. The molecule has 0 saturated carbocycles. The van der Waals surface area contributed by atoms with Crippen LogP contribution in [0.2, 0.25) is 0 Å². The molecule has 20 heavy (non-hydrogen) atoms. The number of carbonyl (C=O) groups excluding carboxylic acids is 1. The number of rotatable bonds is 3. The van der Waals surface area contributed by atoms with Gasteiger partial charge in [0.05, 0.1) is 6.54 Å². The molecule has 1 aromatic carbocycles. The summed E-state index contributed by atoms with van der Waals surface area (Å²) in [5.74, 6) is 1.79. The second-order valence-corrected chi connectivity index (χ2v) is 5.11. The average Bonchev–Trinajstić information content (AvgIpc) is 2.89. The van der Waals surface area contributed by atoms with Gasteiger partial charge in [-0.05, 0) is 13.3 Å². The van der Waals surface area contributed by atoms with E-state index in [0.717, 1.165) is 30.2 Å². The first-order valence-corrected chi connectivity index (χ1v) is 7.00. The summed E-state index contributed by atoms with van der Waals surface area (Å²) < 4.78 is 1.96. The van der Waals surface area contributed by atoms with Crippen molar-refractivity contribution in [3.63, 3.8) is 0 Å². The molecular weight excluding hydrogens is 252 g/mol. The number of amides is 1. The third-order valence-corrected chi connectivity index (χ3v) is 3.68. The number of carbonyl (C=O) groups is 1. The van der Waals surface area contributed by atoms with Crippen molar-refractivity contribution in [2.75, 3.05) is 6.54 Å². The van der Waals surface area contributed by atoms with E-state index >= 15 is 0 Å². The predicted octanol–water partition coefficient (Wildman–Crippen LogP) is 2.26. The maximum atomic E-state index is 12.4. The van der Waals surface area contributed by atoms with E-state index in [1.54, 1.807) is 0 Å². The van der Waals surface area contributed by atoms with E-state index in [9.17, 15) is 4.79 Å². The molecule has 0 N–H and O–H groups in total. The Morgan fingerprint density at radius 2 is 2.00 bits per heavy atom. The molecule has 5 nitrogen and oxygen atoms in total. The van der Waals surface area contributed by atoms with E-state index in [2.05, 4.69) is 17.1 Å². The topological polar surface area (TPSA) is 51.0 Å². The first-order valence-electron chi connectivity index (χ1n) is 7.00. The largest absolute Gasteiger partial charge is 0.333 e. The normalized spacial score (nSPS) is 18.2. The van der Waals surface area contributed by atoms with Crippen LogP contribution in [-0.4, -0.2) is 32.1 Å². The van der Waals surface area contributed by atoms with Crippen LogP contribution < -0.4 is 0 Å². The van der Waals surface area contributed by atoms with Crippen LogP contribution in [0.4, 0.5) is 0 Å². The van der Waals surface area contributed by atoms with Crippen molar-refractivity contribution in [2.45, 2.75) is 32.9 Å². The molecule has 0 spiro atoms. The Kier molecular flexibility index (Phi) is 3.26. The van der Waals surface area contributed by atoms with Crippen molar-refractivity contribution in [2.24, 2.45) is 0 Å². The van der Waals surface area contributed by atoms with Gasteiger partial charge in [0.2, 0.25) is 5.91 Å². The number of aromatic nitrogens is 3. The molecule has 1 aromatic heterocycles. The number of benzene rings is 1. The van der Waals surface area contributed by atoms with Crippen LogP contribution in [0.15, 0.2) is 30.3 Å². The summed E-state index contributed by atoms with van der Waals surface area (Å²) in [4.78, 5) is 14.3. The molecule has 2 heterocycles. The van der Waals surface area contributed by atoms with Crippen LogP contribution in [0.3, 0.4) is 0 Å². The molecule has 1 atom stereocenters. The van der Waals surface area contributed by atoms with Gasteiger partial charge in [-0.2, -0.15) is 0 Å². The fraction of sp³-hybridized carbons (Fsp3) is 0.400. The highest BCUT2D eigenvalue weighted by Crippen LogP contribution is 2.28. The van der Waals surface area contributed by atoms with Gasteiger partial charge in [0.1, 0.15) is 6.04 Å². The molecule has 5 heteroatoms. The van der Waals surface area contributed by atoms with E-state index < -0.39 is 0 Å². The minimum atomic E-state index is -0.240. The highest BCUT2D eigenvalue weighted by molar-refractivity contribution is 5.82. The average molecular weight is 270 g/mol. The van der Waals surface area contributed by atoms with Crippen molar-refractivity contribution in [3.05, 3.63) is 36.2 Å². The minimum absolute atomic E-state index is 0.149. The van der Waals surface area contributed by atoms with Gasteiger partial charge in [-0.15, -0.1) is 10.2 Å². The Labute approximate surface area is 118 Å². The molecule has 0 fully saturated rings. The van der Waals surface area contributed by atoms with Gasteiger partial charge in [-0.1, -0.05) is 37.3 Å². The highest BCUT2D eigenvalue weighted by Gasteiger charge is 2.32. The molecule has 2 aromatic rings. The summed E-state index contributed by atoms with van der Waals surface area (Å²) in [7, 11) is 0. The van der Waals surface area contributed by atoms with Crippen LogP contribution >= 0.6 is 0 Å². The maximum Gasteiger partial charge on any atom is 0.245 e. The Morgan fingerprint density at radius 1 is 1.25 bits per heavy atom. The van der Waals surface area contributed by atoms with Crippen molar-refractivity contribution >= 4 is 5.91 Å². The summed E-state index contributed by atoms with van der Waals surface area (Å²) >= 11 is 0. The van der Waals surface area contributed by atoms with Gasteiger partial charge in [-0.25, -0.2) is 0 Å². The number of fused-ring (bicyclic) bond motifs is 1. The molecule has 0 aliphatic carbocycles. The smallest absolute Gasteiger partial charge is 0.245 e. The van der Waals surface area contributed by atoms with Crippen molar-refractivity contribution in [1.82, 2.24) is 19.7 Å². The molecule has 1 amide bonds. The summed E-state index contributed by atoms with van der Waals surface area (Å²) in [6.45, 7) is 5.32. The molecule has 0 bridgehead atoms. The predicted molar refractivity (Wildman–Crippen MR) is 75.9 cm³/mol. The Hall–Kier alpha value is -2.17. The Balaban J connectivity index is 2.03. The third kappa shape index (κ3) is 1.99. The maximum absolute atomic E-state index is 12.4. The van der Waals surface area contributed by atoms with Crippen LogP contribution in [0.25, 0.3) is 11.4 Å². The molecule has 0 unspecified atom stereocenters. The van der Waals surface area contributed by atoms with Crippen LogP contribution in [0, 0.1) is 0 Å². The monoisotopic (exact) mass is 270 g/mol. The lowest BCUT2D eigenvalue weighted by Gasteiger charge is -2.31. The third-order valence-electron chi connectivity index (χ3n) is 3.68. The summed E-state index contributed by atoms with van der Waals surface area (Å²) in [6, 6.07) is 9.65. The lowest BCUT2D eigenvalue weighted by molar-refractivity contribution is -0.136. The summed E-state index contributed by atoms with van der Waals surface area (Å²) in [6.07, 6.45) is 0.956. The molecule has 3 rings (SSSR count). The molecular formula is C15H18N4O. The van der Waals surface area contributed by atoms with Gasteiger partial charge >= 0.3 is 0 Å². The second kappa shape index (κ2) is 5.07. The molecule has 0 radical (unpaired) electrons. The SMILES string of the molecule is CCCN1Cc2nnc(-c3ccccc3)n2[C@H](C)C1=O. The molecule has 0 saturated heterocycles. The first kappa shape index (κ1) is 12.8. The zero-order valence-electron chi connectivity index (χ0n) is 11.8. The van der Waals surface area contributed by atoms with Crippen molar-refractivity contribution < 1.29 is 4.79 Å². The standard InChI is InChI=1S/C15H18N4O/c1-3-9-18-10-13-16-17-14(12-7-5-4-6-8-12)19(13)11(2)15(18)20/h4-8,11H,3,9-10H2,1-2H3/t11-/m1/s1. The van der Waals surface area contributed by atoms with Crippen LogP contribution in [0.5, 0.6) is 0 Å². The zero-order valence-corrected chi connectivity index (χ0v) is 11.8. The minimum Gasteiger partial charge on any atom is -0.333 e. The van der Waals surface area contributed by atoms with E-state index in [1.807, 2.05) is 46.7 Å². The van der Waals surface area contributed by atoms with Gasteiger partial charge in [0, 0.05) is 12.1 Å². The first-order chi connectivity index (χ1) is 9.72.